The van der Waals surface area contributed by atoms with E-state index in [9.17, 15) is 13.2 Å². The molecule has 0 radical (unpaired) electrons. The van der Waals surface area contributed by atoms with Gasteiger partial charge in [-0.2, -0.15) is 0 Å². The molecule has 4 rings (SSSR count). The van der Waals surface area contributed by atoms with Crippen LogP contribution in [0.4, 0.5) is 23.0 Å². The lowest BCUT2D eigenvalue weighted by molar-refractivity contribution is -0.117. The quantitative estimate of drug-likeness (QED) is 0.445. The molecule has 0 spiro atoms. The number of nitrogens with one attached hydrogen (secondary N) is 1. The first-order valence-corrected chi connectivity index (χ1v) is 13.6. The molecule has 1 N–H and O–H groups in total. The monoisotopic (exact) mass is 533 g/mol. The van der Waals surface area contributed by atoms with E-state index in [0.29, 0.717) is 58.9 Å². The number of para-hydroxylation sites is 1. The first-order valence-electron chi connectivity index (χ1n) is 11.0. The molecule has 0 unspecified atom stereocenters. The van der Waals surface area contributed by atoms with Gasteiger partial charge >= 0.3 is 0 Å². The Morgan fingerprint density at radius 2 is 1.83 bits per heavy atom. The smallest absolute Gasteiger partial charge is 0.232 e. The van der Waals surface area contributed by atoms with Crippen LogP contribution >= 0.6 is 23.2 Å². The van der Waals surface area contributed by atoms with Crippen LogP contribution < -0.4 is 14.5 Å². The molecule has 0 aliphatic carbocycles. The number of anilines is 4. The second-order valence-electron chi connectivity index (χ2n) is 8.29. The first-order chi connectivity index (χ1) is 16.6. The maximum Gasteiger partial charge on any atom is 0.232 e. The molecule has 1 fully saturated rings. The third kappa shape index (κ3) is 5.86. The van der Waals surface area contributed by atoms with Gasteiger partial charge in [-0.15, -0.1) is 0 Å². The summed E-state index contributed by atoms with van der Waals surface area (Å²) in [4.78, 5) is 22.6. The van der Waals surface area contributed by atoms with E-state index in [1.807, 2.05) is 24.3 Å². The fraction of sp³-hybridized carbons (Fsp3) is 0.292. The summed E-state index contributed by atoms with van der Waals surface area (Å²) in [6, 6.07) is 12.6. The molecule has 35 heavy (non-hydrogen) atoms. The molecule has 1 aliphatic heterocycles. The summed E-state index contributed by atoms with van der Waals surface area (Å²) in [6.07, 6.45) is 5.29. The van der Waals surface area contributed by atoms with Crippen molar-refractivity contribution in [1.29, 1.82) is 0 Å². The third-order valence-electron chi connectivity index (χ3n) is 5.81. The van der Waals surface area contributed by atoms with Gasteiger partial charge in [0.1, 0.15) is 0 Å². The van der Waals surface area contributed by atoms with Crippen LogP contribution in [0.5, 0.6) is 0 Å². The van der Waals surface area contributed by atoms with Gasteiger partial charge in [0.15, 0.2) is 0 Å². The largest absolute Gasteiger partial charge is 0.324 e. The molecule has 2 aromatic carbocycles. The highest BCUT2D eigenvalue weighted by molar-refractivity contribution is 7.92. The number of rotatable bonds is 8. The summed E-state index contributed by atoms with van der Waals surface area (Å²) in [6.45, 7) is 0.597. The van der Waals surface area contributed by atoms with Crippen molar-refractivity contribution in [3.05, 3.63) is 70.0 Å². The average molecular weight is 534 g/mol. The van der Waals surface area contributed by atoms with Crippen molar-refractivity contribution in [2.45, 2.75) is 25.7 Å². The van der Waals surface area contributed by atoms with Gasteiger partial charge in [0, 0.05) is 37.6 Å². The van der Waals surface area contributed by atoms with Crippen LogP contribution in [0.2, 0.25) is 10.0 Å². The van der Waals surface area contributed by atoms with Gasteiger partial charge in [0.05, 0.1) is 27.7 Å². The number of benzene rings is 2. The number of hydrogen-bond donors (Lipinski definition) is 1. The van der Waals surface area contributed by atoms with Gasteiger partial charge in [-0.25, -0.2) is 18.4 Å². The minimum absolute atomic E-state index is 0.00912. The van der Waals surface area contributed by atoms with E-state index < -0.39 is 10.0 Å². The summed E-state index contributed by atoms with van der Waals surface area (Å²) in [7, 11) is -1.82. The molecule has 0 atom stereocenters. The summed E-state index contributed by atoms with van der Waals surface area (Å²) >= 11 is 12.9. The van der Waals surface area contributed by atoms with Crippen LogP contribution in [0.3, 0.4) is 0 Å². The van der Waals surface area contributed by atoms with Gasteiger partial charge < -0.3 is 10.2 Å². The van der Waals surface area contributed by atoms with Gasteiger partial charge in [-0.05, 0) is 49.1 Å². The van der Waals surface area contributed by atoms with Gasteiger partial charge in [-0.3, -0.25) is 9.10 Å². The Labute approximate surface area is 214 Å². The molecule has 1 aliphatic rings. The van der Waals surface area contributed by atoms with Crippen LogP contribution in [0.1, 0.15) is 24.1 Å². The minimum atomic E-state index is -3.37. The number of hydrogen-bond acceptors (Lipinski definition) is 6. The number of aromatic nitrogens is 2. The topological polar surface area (TPSA) is 95.5 Å². The molecular weight excluding hydrogens is 509 g/mol. The van der Waals surface area contributed by atoms with Crippen molar-refractivity contribution in [3.63, 3.8) is 0 Å². The van der Waals surface area contributed by atoms with Crippen molar-refractivity contribution in [1.82, 2.24) is 9.97 Å². The average Bonchev–Trinajstić information content (AvgIpc) is 3.22. The van der Waals surface area contributed by atoms with Gasteiger partial charge in [0.2, 0.25) is 21.9 Å². The van der Waals surface area contributed by atoms with Crippen LogP contribution in [0.25, 0.3) is 0 Å². The zero-order chi connectivity index (χ0) is 25.2. The zero-order valence-corrected chi connectivity index (χ0v) is 21.7. The second kappa shape index (κ2) is 10.4. The lowest BCUT2D eigenvalue weighted by Gasteiger charge is -2.20. The number of halogens is 2. The second-order valence-corrected chi connectivity index (χ2v) is 11.1. The Hall–Kier alpha value is -2.88. The lowest BCUT2D eigenvalue weighted by atomic mass is 10.1. The van der Waals surface area contributed by atoms with Gasteiger partial charge in [-0.1, -0.05) is 41.4 Å². The number of carbonyl (C=O) groups is 1. The first kappa shape index (κ1) is 25.2. The van der Waals surface area contributed by atoms with E-state index in [0.717, 1.165) is 17.7 Å². The predicted octanol–water partition coefficient (Wildman–Crippen LogP) is 4.83. The van der Waals surface area contributed by atoms with Crippen molar-refractivity contribution in [2.24, 2.45) is 0 Å². The maximum atomic E-state index is 12.1. The van der Waals surface area contributed by atoms with Crippen molar-refractivity contribution >= 4 is 62.1 Å². The Balaban J connectivity index is 1.49. The van der Waals surface area contributed by atoms with E-state index in [1.54, 1.807) is 36.3 Å². The van der Waals surface area contributed by atoms with Crippen LogP contribution in [0, 0.1) is 0 Å². The van der Waals surface area contributed by atoms with Crippen molar-refractivity contribution < 1.29 is 13.2 Å². The molecule has 1 saturated heterocycles. The fourth-order valence-corrected chi connectivity index (χ4v) is 5.20. The Morgan fingerprint density at radius 3 is 2.49 bits per heavy atom. The van der Waals surface area contributed by atoms with E-state index in [1.165, 1.54) is 10.6 Å². The van der Waals surface area contributed by atoms with E-state index in [4.69, 9.17) is 23.2 Å². The zero-order valence-electron chi connectivity index (χ0n) is 19.3. The minimum Gasteiger partial charge on any atom is -0.324 e. The maximum absolute atomic E-state index is 12.1. The number of aryl methyl sites for hydroxylation is 2. The van der Waals surface area contributed by atoms with Crippen molar-refractivity contribution in [2.75, 3.05) is 34.4 Å². The molecule has 2 heterocycles. The number of sulfonamides is 1. The Bertz CT molecular complexity index is 1340. The molecule has 11 heteroatoms. The highest BCUT2D eigenvalue weighted by Crippen LogP contribution is 2.39. The van der Waals surface area contributed by atoms with Crippen LogP contribution in [-0.2, 0) is 27.7 Å². The molecule has 1 aromatic heterocycles. The summed E-state index contributed by atoms with van der Waals surface area (Å²) in [5, 5.41) is 3.87. The molecule has 1 amide bonds. The number of carbonyl (C=O) groups excluding carboxylic acids is 1. The van der Waals surface area contributed by atoms with E-state index >= 15 is 0 Å². The Morgan fingerprint density at radius 1 is 1.11 bits per heavy atom. The van der Waals surface area contributed by atoms with Crippen LogP contribution in [-0.4, -0.2) is 44.1 Å². The number of amides is 1. The molecular formula is C24H25Cl2N5O3S. The third-order valence-corrected chi connectivity index (χ3v) is 7.58. The highest BCUT2D eigenvalue weighted by Gasteiger charge is 2.26. The number of nitrogens with zero attached hydrogens (tertiary/aromatic N) is 4. The molecule has 8 nitrogen and oxygen atoms in total. The normalized spacial score (nSPS) is 13.8. The summed E-state index contributed by atoms with van der Waals surface area (Å²) in [5.74, 6) is 0.385. The molecule has 184 valence electrons. The lowest BCUT2D eigenvalue weighted by Crippen LogP contribution is -2.26. The summed E-state index contributed by atoms with van der Waals surface area (Å²) in [5.41, 5.74) is 3.46. The van der Waals surface area contributed by atoms with Crippen molar-refractivity contribution in [3.8, 4) is 0 Å². The SMILES string of the molecule is CN(c1ccccc1CCc1ccnc(Nc2cc(Cl)c(N3CCCC3=O)c(Cl)c2)n1)S(C)(=O)=O. The predicted molar refractivity (Wildman–Crippen MR) is 140 cm³/mol. The van der Waals surface area contributed by atoms with E-state index in [-0.39, 0.29) is 5.91 Å². The molecule has 0 saturated carbocycles. The standard InChI is InChI=1S/C24H25Cl2N5O3S/c1-30(35(2,33)34)21-7-4-3-6-16(21)9-10-17-11-12-27-24(28-17)29-18-14-19(25)23(20(26)15-18)31-13-5-8-22(31)32/h3-4,6-7,11-12,14-15H,5,8-10,13H2,1-2H3,(H,27,28,29). The summed E-state index contributed by atoms with van der Waals surface area (Å²) < 4.78 is 25.3. The Kier molecular flexibility index (Phi) is 7.49. The fourth-order valence-electron chi connectivity index (χ4n) is 3.98. The highest BCUT2D eigenvalue weighted by atomic mass is 35.5. The molecule has 0 bridgehead atoms. The molecule has 3 aromatic rings. The van der Waals surface area contributed by atoms with Gasteiger partial charge in [0.25, 0.3) is 0 Å². The van der Waals surface area contributed by atoms with E-state index in [2.05, 4.69) is 15.3 Å². The van der Waals surface area contributed by atoms with Crippen LogP contribution in [0.15, 0.2) is 48.7 Å².